The first kappa shape index (κ1) is 18.1. The van der Waals surface area contributed by atoms with Gasteiger partial charge in [-0.2, -0.15) is 8.42 Å². The molecule has 1 aliphatic heterocycles. The van der Waals surface area contributed by atoms with Gasteiger partial charge in [-0.1, -0.05) is 11.8 Å². The van der Waals surface area contributed by atoms with Crippen LogP contribution in [0.25, 0.3) is 0 Å². The number of nitrogens with zero attached hydrogens (tertiary/aromatic N) is 1. The topological polar surface area (TPSA) is 81.8 Å². The van der Waals surface area contributed by atoms with Crippen LogP contribution in [0.1, 0.15) is 0 Å². The molecule has 0 saturated carbocycles. The van der Waals surface area contributed by atoms with Gasteiger partial charge in [-0.15, -0.1) is 0 Å². The molecule has 9 heteroatoms. The van der Waals surface area contributed by atoms with Crippen molar-refractivity contribution in [2.24, 2.45) is 10.7 Å². The molecule has 1 aliphatic rings. The van der Waals surface area contributed by atoms with E-state index in [0.717, 1.165) is 5.75 Å². The summed E-state index contributed by atoms with van der Waals surface area (Å²) in [7, 11) is -3.49. The first-order valence-corrected chi connectivity index (χ1v) is 6.00. The summed E-state index contributed by atoms with van der Waals surface area (Å²) in [6.45, 7) is 0.693. The van der Waals surface area contributed by atoms with Crippen molar-refractivity contribution in [3.8, 4) is 0 Å². The van der Waals surface area contributed by atoms with Gasteiger partial charge in [0.15, 0.2) is 0 Å². The predicted molar refractivity (Wildman–Crippen MR) is 63.0 cm³/mol. The average Bonchev–Trinajstić information content (AvgIpc) is 2.38. The van der Waals surface area contributed by atoms with Crippen LogP contribution in [0.3, 0.4) is 0 Å². The summed E-state index contributed by atoms with van der Waals surface area (Å²) in [4.78, 5) is 3.84. The molecule has 0 fully saturated rings. The zero-order chi connectivity index (χ0) is 9.03. The summed E-state index contributed by atoms with van der Waals surface area (Å²) < 4.78 is 26.6. The van der Waals surface area contributed by atoms with E-state index in [1.54, 1.807) is 0 Å². The summed E-state index contributed by atoms with van der Waals surface area (Å²) in [6.07, 6.45) is 0. The fourth-order valence-electron chi connectivity index (χ4n) is 0.661. The monoisotopic (exact) mass is 258 g/mol. The molecule has 0 radical (unpaired) electrons. The molecule has 0 aromatic heterocycles. The van der Waals surface area contributed by atoms with Gasteiger partial charge < -0.3 is 9.92 Å². The standard InChI is InChI=1S/C5H10N2O3S2.2Na.2H/c6-1-4-12(8,9)10-5-7-2-3-11-5;;;;/h1-4,6H2;;;;. The van der Waals surface area contributed by atoms with Gasteiger partial charge in [0, 0.05) is 12.3 Å². The predicted octanol–water partition coefficient (Wildman–Crippen LogP) is -1.90. The Kier molecular flexibility index (Phi) is 11.4. The van der Waals surface area contributed by atoms with Gasteiger partial charge in [-0.05, 0) is 0 Å². The minimum atomic E-state index is -3.49. The summed E-state index contributed by atoms with van der Waals surface area (Å²) in [5.41, 5.74) is 5.08. The molecule has 0 aromatic carbocycles. The SMILES string of the molecule is NCCS(=O)(=O)OC1=NCCS1.[NaH].[NaH]. The number of nitrogens with two attached hydrogens (primary N) is 1. The second-order valence-corrected chi connectivity index (χ2v) is 4.87. The molecule has 74 valence electrons. The first-order valence-electron chi connectivity index (χ1n) is 3.43. The molecule has 0 atom stereocenters. The van der Waals surface area contributed by atoms with Crippen LogP contribution in [0.5, 0.6) is 0 Å². The van der Waals surface area contributed by atoms with Crippen LogP contribution in [0.2, 0.25) is 0 Å². The molecule has 1 rings (SSSR count). The zero-order valence-corrected chi connectivity index (χ0v) is 8.03. The van der Waals surface area contributed by atoms with Crippen molar-refractivity contribution < 1.29 is 12.6 Å². The molecule has 0 unspecified atom stereocenters. The van der Waals surface area contributed by atoms with Gasteiger partial charge in [0.25, 0.3) is 5.23 Å². The number of thioether (sulfide) groups is 1. The first-order chi connectivity index (χ1) is 5.64. The van der Waals surface area contributed by atoms with Crippen LogP contribution in [-0.4, -0.2) is 97.4 Å². The zero-order valence-electron chi connectivity index (χ0n) is 6.39. The van der Waals surface area contributed by atoms with Crippen LogP contribution < -0.4 is 5.73 Å². The van der Waals surface area contributed by atoms with Crippen molar-refractivity contribution >= 4 is 86.2 Å². The quantitative estimate of drug-likeness (QED) is 0.472. The van der Waals surface area contributed by atoms with Crippen molar-refractivity contribution in [2.75, 3.05) is 24.6 Å². The van der Waals surface area contributed by atoms with E-state index in [9.17, 15) is 8.42 Å². The van der Waals surface area contributed by atoms with Crippen LogP contribution in [0.15, 0.2) is 4.99 Å². The molecule has 0 amide bonds. The molecule has 0 saturated heterocycles. The van der Waals surface area contributed by atoms with Crippen molar-refractivity contribution in [1.82, 2.24) is 0 Å². The fraction of sp³-hybridized carbons (Fsp3) is 0.800. The summed E-state index contributed by atoms with van der Waals surface area (Å²) >= 11 is 1.30. The molecule has 1 heterocycles. The molecular formula is C5H12N2Na2O3S2. The summed E-state index contributed by atoms with van der Waals surface area (Å²) in [5, 5.41) is 0.239. The van der Waals surface area contributed by atoms with Crippen molar-refractivity contribution in [3.63, 3.8) is 0 Å². The van der Waals surface area contributed by atoms with Gasteiger partial charge in [0.05, 0.1) is 12.3 Å². The van der Waals surface area contributed by atoms with E-state index in [2.05, 4.69) is 9.18 Å². The molecular weight excluding hydrogens is 246 g/mol. The Morgan fingerprint density at radius 2 is 2.14 bits per heavy atom. The Balaban J connectivity index is 0. The molecule has 0 aliphatic carbocycles. The maximum atomic E-state index is 11.0. The van der Waals surface area contributed by atoms with E-state index in [4.69, 9.17) is 5.73 Å². The minimum absolute atomic E-state index is 0. The average molecular weight is 258 g/mol. The van der Waals surface area contributed by atoms with E-state index < -0.39 is 10.1 Å². The van der Waals surface area contributed by atoms with Crippen LogP contribution in [-0.2, 0) is 14.3 Å². The molecule has 5 nitrogen and oxygen atoms in total. The van der Waals surface area contributed by atoms with E-state index in [1.165, 1.54) is 11.8 Å². The molecule has 14 heavy (non-hydrogen) atoms. The van der Waals surface area contributed by atoms with Gasteiger partial charge >= 0.3 is 69.2 Å². The van der Waals surface area contributed by atoms with Gasteiger partial charge in [-0.3, -0.25) is 0 Å². The van der Waals surface area contributed by atoms with E-state index in [-0.39, 0.29) is 76.6 Å². The van der Waals surface area contributed by atoms with Gasteiger partial charge in [-0.25, -0.2) is 4.99 Å². The maximum absolute atomic E-state index is 11.0. The van der Waals surface area contributed by atoms with Crippen molar-refractivity contribution in [2.45, 2.75) is 0 Å². The van der Waals surface area contributed by atoms with Gasteiger partial charge in [0.2, 0.25) is 0 Å². The van der Waals surface area contributed by atoms with Crippen LogP contribution in [0.4, 0.5) is 0 Å². The number of hydrogen-bond donors (Lipinski definition) is 1. The Labute approximate surface area is 132 Å². The van der Waals surface area contributed by atoms with Crippen LogP contribution >= 0.6 is 11.8 Å². The summed E-state index contributed by atoms with van der Waals surface area (Å²) in [6, 6.07) is 0. The Hall–Kier alpha value is 1.73. The second kappa shape index (κ2) is 8.83. The number of hydrogen-bond acceptors (Lipinski definition) is 6. The molecule has 0 spiro atoms. The third-order valence-electron chi connectivity index (χ3n) is 1.12. The molecule has 2 N–H and O–H groups in total. The third-order valence-corrected chi connectivity index (χ3v) is 3.22. The normalized spacial score (nSPS) is 15.1. The Morgan fingerprint density at radius 3 is 2.57 bits per heavy atom. The number of aliphatic imine (C=N–C) groups is 1. The van der Waals surface area contributed by atoms with Crippen molar-refractivity contribution in [3.05, 3.63) is 0 Å². The Bertz CT molecular complexity index is 281. The van der Waals surface area contributed by atoms with Crippen molar-refractivity contribution in [1.29, 1.82) is 0 Å². The number of rotatable bonds is 3. The molecule has 0 bridgehead atoms. The van der Waals surface area contributed by atoms with Gasteiger partial charge in [0.1, 0.15) is 0 Å². The molecule has 0 aromatic rings. The Morgan fingerprint density at radius 1 is 1.50 bits per heavy atom. The van der Waals surface area contributed by atoms with E-state index in [0.29, 0.717) is 6.54 Å². The third kappa shape index (κ3) is 7.08. The fourth-order valence-corrected chi connectivity index (χ4v) is 2.35. The van der Waals surface area contributed by atoms with Crippen LogP contribution in [0, 0.1) is 0 Å². The second-order valence-electron chi connectivity index (χ2n) is 2.13. The van der Waals surface area contributed by atoms with E-state index >= 15 is 0 Å². The summed E-state index contributed by atoms with van der Waals surface area (Å²) in [5.74, 6) is 0.625. The van der Waals surface area contributed by atoms with E-state index in [1.807, 2.05) is 0 Å².